The van der Waals surface area contributed by atoms with Crippen LogP contribution in [0.15, 0.2) is 36.5 Å². The first-order valence-electron chi connectivity index (χ1n) is 7.34. The maximum atomic E-state index is 9.61. The first-order valence-corrected chi connectivity index (χ1v) is 7.34. The summed E-state index contributed by atoms with van der Waals surface area (Å²) in [5.41, 5.74) is 3.39. The van der Waals surface area contributed by atoms with Crippen LogP contribution in [0.5, 0.6) is 0 Å². The van der Waals surface area contributed by atoms with E-state index in [1.807, 2.05) is 48.3 Å². The van der Waals surface area contributed by atoms with E-state index in [1.54, 1.807) is 0 Å². The van der Waals surface area contributed by atoms with Crippen LogP contribution in [-0.2, 0) is 19.0 Å². The van der Waals surface area contributed by atoms with Gasteiger partial charge in [-0.1, -0.05) is 51.1 Å². The SMILES string of the molecule is Cn1cc(CN[C@H](CO)c2ccccc2)c(C(C)(C)C)n1. The summed E-state index contributed by atoms with van der Waals surface area (Å²) < 4.78 is 1.86. The highest BCUT2D eigenvalue weighted by Crippen LogP contribution is 2.24. The Morgan fingerprint density at radius 1 is 1.24 bits per heavy atom. The van der Waals surface area contributed by atoms with Crippen LogP contribution < -0.4 is 5.32 Å². The smallest absolute Gasteiger partial charge is 0.0722 e. The number of nitrogens with one attached hydrogen (secondary N) is 1. The number of rotatable bonds is 5. The van der Waals surface area contributed by atoms with Gasteiger partial charge in [-0.05, 0) is 5.56 Å². The van der Waals surface area contributed by atoms with E-state index >= 15 is 0 Å². The molecule has 1 heterocycles. The highest BCUT2D eigenvalue weighted by Gasteiger charge is 2.22. The fourth-order valence-corrected chi connectivity index (χ4v) is 2.50. The lowest BCUT2D eigenvalue weighted by Gasteiger charge is -2.20. The average molecular weight is 287 g/mol. The Hall–Kier alpha value is -1.65. The summed E-state index contributed by atoms with van der Waals surface area (Å²) >= 11 is 0. The van der Waals surface area contributed by atoms with Gasteiger partial charge in [0.05, 0.1) is 18.3 Å². The van der Waals surface area contributed by atoms with Crippen LogP contribution in [0, 0.1) is 0 Å². The average Bonchev–Trinajstić information content (AvgIpc) is 2.82. The molecule has 2 aromatic rings. The maximum Gasteiger partial charge on any atom is 0.0722 e. The monoisotopic (exact) mass is 287 g/mol. The predicted octanol–water partition coefficient (Wildman–Crippen LogP) is 2.54. The Morgan fingerprint density at radius 2 is 1.90 bits per heavy atom. The number of aliphatic hydroxyl groups is 1. The molecule has 0 amide bonds. The highest BCUT2D eigenvalue weighted by atomic mass is 16.3. The zero-order chi connectivity index (χ0) is 15.5. The van der Waals surface area contributed by atoms with Gasteiger partial charge in [-0.2, -0.15) is 5.10 Å². The maximum absolute atomic E-state index is 9.61. The molecule has 0 spiro atoms. The molecule has 0 fully saturated rings. The van der Waals surface area contributed by atoms with Crippen molar-refractivity contribution < 1.29 is 5.11 Å². The van der Waals surface area contributed by atoms with E-state index in [9.17, 15) is 5.11 Å². The molecule has 0 unspecified atom stereocenters. The molecule has 4 heteroatoms. The van der Waals surface area contributed by atoms with Crippen LogP contribution in [0.3, 0.4) is 0 Å². The van der Waals surface area contributed by atoms with E-state index in [-0.39, 0.29) is 18.1 Å². The lowest BCUT2D eigenvalue weighted by Crippen LogP contribution is -2.25. The summed E-state index contributed by atoms with van der Waals surface area (Å²) in [6.07, 6.45) is 2.05. The van der Waals surface area contributed by atoms with Crippen molar-refractivity contribution in [1.29, 1.82) is 0 Å². The van der Waals surface area contributed by atoms with Crippen molar-refractivity contribution in [3.63, 3.8) is 0 Å². The molecule has 2 N–H and O–H groups in total. The van der Waals surface area contributed by atoms with E-state index < -0.39 is 0 Å². The number of aryl methyl sites for hydroxylation is 1. The molecule has 0 saturated heterocycles. The molecule has 1 atom stereocenters. The van der Waals surface area contributed by atoms with E-state index in [0.717, 1.165) is 11.3 Å². The molecule has 0 aliphatic carbocycles. The third-order valence-corrected chi connectivity index (χ3v) is 3.54. The number of benzene rings is 1. The molecule has 1 aromatic carbocycles. The highest BCUT2D eigenvalue weighted by molar-refractivity contribution is 5.25. The van der Waals surface area contributed by atoms with Gasteiger partial charge in [-0.15, -0.1) is 0 Å². The molecule has 0 radical (unpaired) electrons. The van der Waals surface area contributed by atoms with Crippen molar-refractivity contribution in [2.24, 2.45) is 7.05 Å². The van der Waals surface area contributed by atoms with Crippen molar-refractivity contribution in [3.8, 4) is 0 Å². The van der Waals surface area contributed by atoms with Gasteiger partial charge in [-0.25, -0.2) is 0 Å². The van der Waals surface area contributed by atoms with Gasteiger partial charge in [-0.3, -0.25) is 4.68 Å². The Kier molecular flexibility index (Phi) is 4.80. The number of hydrogen-bond donors (Lipinski definition) is 2. The molecule has 4 nitrogen and oxygen atoms in total. The summed E-state index contributed by atoms with van der Waals surface area (Å²) in [7, 11) is 1.94. The van der Waals surface area contributed by atoms with E-state index in [4.69, 9.17) is 0 Å². The molecule has 21 heavy (non-hydrogen) atoms. The van der Waals surface area contributed by atoms with E-state index in [2.05, 4.69) is 31.2 Å². The molecule has 0 aliphatic heterocycles. The molecular weight excluding hydrogens is 262 g/mol. The van der Waals surface area contributed by atoms with E-state index in [1.165, 1.54) is 5.56 Å². The minimum absolute atomic E-state index is 0.0136. The Balaban J connectivity index is 2.12. The zero-order valence-corrected chi connectivity index (χ0v) is 13.3. The minimum Gasteiger partial charge on any atom is -0.394 e. The van der Waals surface area contributed by atoms with Gasteiger partial charge in [0.2, 0.25) is 0 Å². The van der Waals surface area contributed by atoms with Gasteiger partial charge >= 0.3 is 0 Å². The second-order valence-electron chi connectivity index (χ2n) is 6.45. The molecule has 0 aliphatic rings. The molecule has 1 aromatic heterocycles. The summed E-state index contributed by atoms with van der Waals surface area (Å²) in [6.45, 7) is 7.27. The molecular formula is C17H25N3O. The minimum atomic E-state index is -0.0563. The van der Waals surface area contributed by atoms with Crippen LogP contribution in [-0.4, -0.2) is 21.5 Å². The second-order valence-corrected chi connectivity index (χ2v) is 6.45. The normalized spacial score (nSPS) is 13.4. The number of aliphatic hydroxyl groups excluding tert-OH is 1. The third-order valence-electron chi connectivity index (χ3n) is 3.54. The van der Waals surface area contributed by atoms with Gasteiger partial charge in [0.25, 0.3) is 0 Å². The topological polar surface area (TPSA) is 50.1 Å². The Bertz CT molecular complexity index is 569. The standard InChI is InChI=1S/C17H25N3O/c1-17(2,3)16-14(11-20(4)19-16)10-18-15(12-21)13-8-6-5-7-9-13/h5-9,11,15,18,21H,10,12H2,1-4H3/t15-/m1/s1. The van der Waals surface area contributed by atoms with Crippen molar-refractivity contribution in [2.75, 3.05) is 6.61 Å². The van der Waals surface area contributed by atoms with Crippen molar-refractivity contribution in [1.82, 2.24) is 15.1 Å². The summed E-state index contributed by atoms with van der Waals surface area (Å²) in [4.78, 5) is 0. The number of hydrogen-bond acceptors (Lipinski definition) is 3. The lowest BCUT2D eigenvalue weighted by molar-refractivity contribution is 0.243. The van der Waals surface area contributed by atoms with Crippen molar-refractivity contribution in [3.05, 3.63) is 53.3 Å². The molecule has 2 rings (SSSR count). The number of aromatic nitrogens is 2. The third kappa shape index (κ3) is 3.93. The van der Waals surface area contributed by atoms with Crippen molar-refractivity contribution >= 4 is 0 Å². The fourth-order valence-electron chi connectivity index (χ4n) is 2.50. The molecule has 0 saturated carbocycles. The predicted molar refractivity (Wildman–Crippen MR) is 85.0 cm³/mol. The quantitative estimate of drug-likeness (QED) is 0.888. The largest absolute Gasteiger partial charge is 0.394 e. The van der Waals surface area contributed by atoms with Gasteiger partial charge in [0.1, 0.15) is 0 Å². The van der Waals surface area contributed by atoms with Gasteiger partial charge < -0.3 is 10.4 Å². The fraction of sp³-hybridized carbons (Fsp3) is 0.471. The Morgan fingerprint density at radius 3 is 2.48 bits per heavy atom. The van der Waals surface area contributed by atoms with Crippen LogP contribution in [0.4, 0.5) is 0 Å². The molecule has 0 bridgehead atoms. The van der Waals surface area contributed by atoms with E-state index in [0.29, 0.717) is 6.54 Å². The number of nitrogens with zero attached hydrogens (tertiary/aromatic N) is 2. The van der Waals surface area contributed by atoms with Crippen LogP contribution in [0.2, 0.25) is 0 Å². The van der Waals surface area contributed by atoms with Gasteiger partial charge in [0.15, 0.2) is 0 Å². The second kappa shape index (κ2) is 6.41. The van der Waals surface area contributed by atoms with Crippen molar-refractivity contribution in [2.45, 2.75) is 38.8 Å². The molecule has 114 valence electrons. The first-order chi connectivity index (χ1) is 9.91. The summed E-state index contributed by atoms with van der Waals surface area (Å²) in [5.74, 6) is 0. The lowest BCUT2D eigenvalue weighted by atomic mass is 9.89. The van der Waals surface area contributed by atoms with Crippen LogP contribution in [0.1, 0.15) is 43.6 Å². The first kappa shape index (κ1) is 15.7. The van der Waals surface area contributed by atoms with Crippen LogP contribution >= 0.6 is 0 Å². The Labute approximate surface area is 126 Å². The summed E-state index contributed by atoms with van der Waals surface area (Å²) in [5, 5.41) is 17.6. The van der Waals surface area contributed by atoms with Gasteiger partial charge in [0, 0.05) is 30.8 Å². The van der Waals surface area contributed by atoms with Crippen LogP contribution in [0.25, 0.3) is 0 Å². The summed E-state index contributed by atoms with van der Waals surface area (Å²) in [6, 6.07) is 9.97. The zero-order valence-electron chi connectivity index (χ0n) is 13.3.